The number of nitrogens with zero attached hydrogens (tertiary/aromatic N) is 1. The monoisotopic (exact) mass is 287 g/mol. The van der Waals surface area contributed by atoms with Gasteiger partial charge in [0.1, 0.15) is 0 Å². The van der Waals surface area contributed by atoms with E-state index in [-0.39, 0.29) is 6.10 Å². The van der Waals surface area contributed by atoms with Gasteiger partial charge in [0.25, 0.3) is 0 Å². The molecule has 0 aromatic heterocycles. The van der Waals surface area contributed by atoms with Gasteiger partial charge in [0.2, 0.25) is 0 Å². The Morgan fingerprint density at radius 2 is 1.65 bits per heavy atom. The molecule has 3 unspecified atom stereocenters. The van der Waals surface area contributed by atoms with E-state index in [1.807, 2.05) is 13.8 Å². The van der Waals surface area contributed by atoms with Crippen LogP contribution in [0.25, 0.3) is 0 Å². The van der Waals surface area contributed by atoms with E-state index >= 15 is 0 Å². The van der Waals surface area contributed by atoms with E-state index in [0.29, 0.717) is 5.92 Å². The molecule has 0 saturated heterocycles. The minimum atomic E-state index is -0.132. The second kappa shape index (κ2) is 10.6. The number of aliphatic hydroxyl groups excluding tert-OH is 1. The Bertz CT molecular complexity index is 228. The van der Waals surface area contributed by atoms with Crippen molar-refractivity contribution in [2.24, 2.45) is 11.8 Å². The van der Waals surface area contributed by atoms with Crippen LogP contribution in [0.5, 0.6) is 0 Å². The summed E-state index contributed by atoms with van der Waals surface area (Å²) in [6.45, 7) is 12.2. The van der Waals surface area contributed by atoms with Crippen LogP contribution in [0, 0.1) is 11.8 Å². The lowest BCUT2D eigenvalue weighted by atomic mass is 9.80. The van der Waals surface area contributed by atoms with Crippen molar-refractivity contribution >= 4 is 0 Å². The van der Waals surface area contributed by atoms with Gasteiger partial charge in [-0.3, -0.25) is 4.90 Å². The summed E-state index contributed by atoms with van der Waals surface area (Å²) >= 11 is 0. The summed E-state index contributed by atoms with van der Waals surface area (Å²) in [5.74, 6) is 1.14. The first-order valence-electron chi connectivity index (χ1n) is 8.23. The fourth-order valence-corrected chi connectivity index (χ4v) is 2.98. The standard InChI is InChI=1S/C16H33NO3/c1-4-19-10-8-17(9-11-20-5-2)13-15-12-14(3)6-7-16(15)18/h14-16,18H,4-13H2,1-3H3. The highest BCUT2D eigenvalue weighted by Gasteiger charge is 2.28. The van der Waals surface area contributed by atoms with Crippen LogP contribution in [0.1, 0.15) is 40.0 Å². The van der Waals surface area contributed by atoms with Crippen molar-refractivity contribution in [3.8, 4) is 0 Å². The molecule has 1 aliphatic carbocycles. The minimum Gasteiger partial charge on any atom is -0.393 e. The predicted molar refractivity (Wildman–Crippen MR) is 81.9 cm³/mol. The molecular formula is C16H33NO3. The molecule has 4 heteroatoms. The molecule has 3 atom stereocenters. The molecule has 0 heterocycles. The molecule has 0 amide bonds. The van der Waals surface area contributed by atoms with Gasteiger partial charge in [-0.25, -0.2) is 0 Å². The smallest absolute Gasteiger partial charge is 0.0593 e. The van der Waals surface area contributed by atoms with Crippen LogP contribution in [-0.2, 0) is 9.47 Å². The lowest BCUT2D eigenvalue weighted by molar-refractivity contribution is 0.0156. The first kappa shape index (κ1) is 17.9. The summed E-state index contributed by atoms with van der Waals surface area (Å²) in [7, 11) is 0. The summed E-state index contributed by atoms with van der Waals surface area (Å²) in [6.07, 6.45) is 3.13. The highest BCUT2D eigenvalue weighted by Crippen LogP contribution is 2.29. The van der Waals surface area contributed by atoms with Crippen LogP contribution in [0.4, 0.5) is 0 Å². The van der Waals surface area contributed by atoms with Crippen molar-refractivity contribution in [2.75, 3.05) is 46.1 Å². The second-order valence-corrected chi connectivity index (χ2v) is 5.94. The van der Waals surface area contributed by atoms with Gasteiger partial charge >= 0.3 is 0 Å². The first-order valence-corrected chi connectivity index (χ1v) is 8.23. The van der Waals surface area contributed by atoms with Crippen LogP contribution < -0.4 is 0 Å². The van der Waals surface area contributed by atoms with Gasteiger partial charge in [-0.05, 0) is 44.9 Å². The van der Waals surface area contributed by atoms with E-state index < -0.39 is 0 Å². The fourth-order valence-electron chi connectivity index (χ4n) is 2.98. The van der Waals surface area contributed by atoms with Gasteiger partial charge in [0.05, 0.1) is 19.3 Å². The minimum absolute atomic E-state index is 0.132. The van der Waals surface area contributed by atoms with Gasteiger partial charge in [-0.1, -0.05) is 6.92 Å². The third kappa shape index (κ3) is 7.02. The maximum Gasteiger partial charge on any atom is 0.0593 e. The topological polar surface area (TPSA) is 41.9 Å². The summed E-state index contributed by atoms with van der Waals surface area (Å²) < 4.78 is 10.9. The average molecular weight is 287 g/mol. The molecule has 0 aromatic rings. The van der Waals surface area contributed by atoms with Crippen LogP contribution in [-0.4, -0.2) is 62.2 Å². The van der Waals surface area contributed by atoms with Crippen molar-refractivity contribution in [2.45, 2.75) is 46.1 Å². The Morgan fingerprint density at radius 1 is 1.05 bits per heavy atom. The van der Waals surface area contributed by atoms with Crippen molar-refractivity contribution in [1.29, 1.82) is 0 Å². The summed E-state index contributed by atoms with van der Waals surface area (Å²) in [5, 5.41) is 10.2. The highest BCUT2D eigenvalue weighted by atomic mass is 16.5. The van der Waals surface area contributed by atoms with E-state index in [1.165, 1.54) is 0 Å². The predicted octanol–water partition coefficient (Wildman–Crippen LogP) is 2.16. The van der Waals surface area contributed by atoms with Gasteiger partial charge in [0.15, 0.2) is 0 Å². The molecule has 1 fully saturated rings. The molecule has 1 rings (SSSR count). The zero-order valence-electron chi connectivity index (χ0n) is 13.5. The maximum absolute atomic E-state index is 10.2. The Morgan fingerprint density at radius 3 is 2.20 bits per heavy atom. The molecule has 0 radical (unpaired) electrons. The Hall–Kier alpha value is -0.160. The maximum atomic E-state index is 10.2. The van der Waals surface area contributed by atoms with Crippen LogP contribution in [0.15, 0.2) is 0 Å². The number of aliphatic hydroxyl groups is 1. The fraction of sp³-hybridized carbons (Fsp3) is 1.00. The van der Waals surface area contributed by atoms with Gasteiger partial charge in [-0.15, -0.1) is 0 Å². The molecule has 0 bridgehead atoms. The van der Waals surface area contributed by atoms with E-state index in [0.717, 1.165) is 71.2 Å². The summed E-state index contributed by atoms with van der Waals surface area (Å²) in [6, 6.07) is 0. The quantitative estimate of drug-likeness (QED) is 0.625. The van der Waals surface area contributed by atoms with Gasteiger partial charge in [0, 0.05) is 32.8 Å². The lowest BCUT2D eigenvalue weighted by Gasteiger charge is -2.35. The first-order chi connectivity index (χ1) is 9.67. The van der Waals surface area contributed by atoms with E-state index in [1.54, 1.807) is 0 Å². The van der Waals surface area contributed by atoms with Crippen LogP contribution in [0.3, 0.4) is 0 Å². The number of rotatable bonds is 10. The van der Waals surface area contributed by atoms with Gasteiger partial charge < -0.3 is 14.6 Å². The lowest BCUT2D eigenvalue weighted by Crippen LogP contribution is -2.41. The molecule has 120 valence electrons. The van der Waals surface area contributed by atoms with E-state index in [2.05, 4.69) is 11.8 Å². The number of ether oxygens (including phenoxy) is 2. The zero-order chi connectivity index (χ0) is 14.8. The molecular weight excluding hydrogens is 254 g/mol. The van der Waals surface area contributed by atoms with Gasteiger partial charge in [-0.2, -0.15) is 0 Å². The Balaban J connectivity index is 2.39. The van der Waals surface area contributed by atoms with Crippen LogP contribution in [0.2, 0.25) is 0 Å². The molecule has 1 aliphatic rings. The Labute approximate surface area is 124 Å². The Kier molecular flexibility index (Phi) is 9.44. The molecule has 0 spiro atoms. The molecule has 0 aromatic carbocycles. The third-order valence-electron chi connectivity index (χ3n) is 4.21. The van der Waals surface area contributed by atoms with Crippen molar-refractivity contribution < 1.29 is 14.6 Å². The molecule has 1 saturated carbocycles. The molecule has 1 N–H and O–H groups in total. The molecule has 20 heavy (non-hydrogen) atoms. The second-order valence-electron chi connectivity index (χ2n) is 5.94. The molecule has 0 aliphatic heterocycles. The normalized spacial score (nSPS) is 27.1. The molecule has 4 nitrogen and oxygen atoms in total. The summed E-state index contributed by atoms with van der Waals surface area (Å²) in [5.41, 5.74) is 0. The average Bonchev–Trinajstić information content (AvgIpc) is 2.43. The number of hydrogen-bond acceptors (Lipinski definition) is 4. The van der Waals surface area contributed by atoms with Crippen molar-refractivity contribution in [3.63, 3.8) is 0 Å². The zero-order valence-corrected chi connectivity index (χ0v) is 13.5. The van der Waals surface area contributed by atoms with Crippen LogP contribution >= 0.6 is 0 Å². The SMILES string of the molecule is CCOCCN(CCOCC)CC1CC(C)CCC1O. The third-order valence-corrected chi connectivity index (χ3v) is 4.21. The van der Waals surface area contributed by atoms with Crippen molar-refractivity contribution in [1.82, 2.24) is 4.90 Å². The van der Waals surface area contributed by atoms with E-state index in [9.17, 15) is 5.11 Å². The number of hydrogen-bond donors (Lipinski definition) is 1. The highest BCUT2D eigenvalue weighted by molar-refractivity contribution is 4.80. The van der Waals surface area contributed by atoms with Crippen molar-refractivity contribution in [3.05, 3.63) is 0 Å². The van der Waals surface area contributed by atoms with E-state index in [4.69, 9.17) is 9.47 Å². The summed E-state index contributed by atoms with van der Waals surface area (Å²) in [4.78, 5) is 2.39. The largest absolute Gasteiger partial charge is 0.393 e.